The van der Waals surface area contributed by atoms with Crippen molar-refractivity contribution in [1.29, 1.82) is 0 Å². The van der Waals surface area contributed by atoms with Gasteiger partial charge in [0.25, 0.3) is 0 Å². The summed E-state index contributed by atoms with van der Waals surface area (Å²) in [6.45, 7) is 6.53. The van der Waals surface area contributed by atoms with Crippen molar-refractivity contribution in [3.8, 4) is 0 Å². The minimum absolute atomic E-state index is 0.463. The molecule has 1 unspecified atom stereocenters. The summed E-state index contributed by atoms with van der Waals surface area (Å²) < 4.78 is 0. The maximum atomic E-state index is 5.10. The minimum atomic E-state index is 0.463. The Morgan fingerprint density at radius 1 is 1.25 bits per heavy atom. The molecule has 1 heteroatoms. The number of hydrogen-bond donors (Lipinski definition) is 0. The van der Waals surface area contributed by atoms with E-state index in [1.165, 1.54) is 12.8 Å². The van der Waals surface area contributed by atoms with Gasteiger partial charge in [-0.15, -0.1) is 0 Å². The molecule has 0 fully saturated rings. The van der Waals surface area contributed by atoms with E-state index in [1.54, 1.807) is 0 Å². The molecule has 0 aromatic rings. The van der Waals surface area contributed by atoms with Crippen molar-refractivity contribution in [2.75, 3.05) is 0 Å². The highest BCUT2D eigenvalue weighted by Gasteiger charge is 2.07. The first-order valence-electron chi connectivity index (χ1n) is 3.38. The molecule has 0 aromatic heterocycles. The van der Waals surface area contributed by atoms with Crippen LogP contribution in [0.4, 0.5) is 0 Å². The van der Waals surface area contributed by atoms with Gasteiger partial charge in [-0.05, 0) is 5.92 Å². The molecule has 0 heterocycles. The molecule has 49 valence electrons. The zero-order chi connectivity index (χ0) is 6.57. The molecule has 0 rings (SSSR count). The maximum absolute atomic E-state index is 5.10. The third kappa shape index (κ3) is 2.61. The van der Waals surface area contributed by atoms with E-state index in [0.29, 0.717) is 5.25 Å². The van der Waals surface area contributed by atoms with E-state index in [4.69, 9.17) is 12.6 Å². The molecule has 0 saturated heterocycles. The summed E-state index contributed by atoms with van der Waals surface area (Å²) in [6, 6.07) is 0. The molecule has 0 aliphatic heterocycles. The van der Waals surface area contributed by atoms with Crippen LogP contribution in [-0.2, 0) is 0 Å². The Kier molecular flexibility index (Phi) is 4.44. The van der Waals surface area contributed by atoms with Gasteiger partial charge in [-0.25, -0.2) is 0 Å². The lowest BCUT2D eigenvalue weighted by molar-refractivity contribution is 0.491. The van der Waals surface area contributed by atoms with Crippen LogP contribution in [0.15, 0.2) is 0 Å². The molecule has 0 aliphatic rings. The van der Waals surface area contributed by atoms with Crippen LogP contribution in [0.5, 0.6) is 0 Å². The van der Waals surface area contributed by atoms with Gasteiger partial charge >= 0.3 is 0 Å². The minimum Gasteiger partial charge on any atom is -0.0904 e. The van der Waals surface area contributed by atoms with Crippen molar-refractivity contribution in [3.63, 3.8) is 0 Å². The molecule has 1 radical (unpaired) electrons. The second-order valence-electron chi connectivity index (χ2n) is 2.28. The molecule has 0 amide bonds. The first-order chi connectivity index (χ1) is 3.72. The lowest BCUT2D eigenvalue weighted by atomic mass is 10.0. The summed E-state index contributed by atoms with van der Waals surface area (Å²) in [5.41, 5.74) is 0. The fourth-order valence-corrected chi connectivity index (χ4v) is 1.34. The van der Waals surface area contributed by atoms with E-state index in [9.17, 15) is 0 Å². The average Bonchev–Trinajstić information content (AvgIpc) is 1.69. The van der Waals surface area contributed by atoms with Crippen LogP contribution in [0.2, 0.25) is 0 Å². The van der Waals surface area contributed by atoms with E-state index in [0.717, 1.165) is 5.92 Å². The first-order valence-corrected chi connectivity index (χ1v) is 3.85. The highest BCUT2D eigenvalue weighted by atomic mass is 32.1. The fraction of sp³-hybridized carbons (Fsp3) is 1.00. The molecule has 0 bridgehead atoms. The monoisotopic (exact) mass is 131 g/mol. The van der Waals surface area contributed by atoms with Crippen molar-refractivity contribution in [3.05, 3.63) is 0 Å². The molecule has 0 aromatic carbocycles. The number of rotatable bonds is 3. The van der Waals surface area contributed by atoms with Gasteiger partial charge in [0.1, 0.15) is 0 Å². The summed E-state index contributed by atoms with van der Waals surface area (Å²) in [5, 5.41) is 0.463. The van der Waals surface area contributed by atoms with Gasteiger partial charge in [0.15, 0.2) is 0 Å². The van der Waals surface area contributed by atoms with Crippen LogP contribution >= 0.6 is 12.6 Å². The average molecular weight is 131 g/mol. The normalized spacial score (nSPS) is 14.6. The van der Waals surface area contributed by atoms with Crippen LogP contribution in [-0.4, -0.2) is 5.25 Å². The van der Waals surface area contributed by atoms with E-state index < -0.39 is 0 Å². The summed E-state index contributed by atoms with van der Waals surface area (Å²) in [6.07, 6.45) is 2.47. The predicted molar refractivity (Wildman–Crippen MR) is 41.1 cm³/mol. The van der Waals surface area contributed by atoms with E-state index in [2.05, 4.69) is 20.8 Å². The summed E-state index contributed by atoms with van der Waals surface area (Å²) in [5.74, 6) is 0.769. The van der Waals surface area contributed by atoms with Gasteiger partial charge < -0.3 is 0 Å². The molecule has 8 heavy (non-hydrogen) atoms. The molecular formula is C7H15S. The van der Waals surface area contributed by atoms with Crippen molar-refractivity contribution in [2.24, 2.45) is 5.92 Å². The largest absolute Gasteiger partial charge is 0.0904 e. The van der Waals surface area contributed by atoms with Crippen molar-refractivity contribution in [1.82, 2.24) is 0 Å². The third-order valence-electron chi connectivity index (χ3n) is 1.71. The van der Waals surface area contributed by atoms with Gasteiger partial charge in [0.2, 0.25) is 0 Å². The predicted octanol–water partition coefficient (Wildman–Crippen LogP) is 3.01. The second kappa shape index (κ2) is 4.25. The zero-order valence-corrected chi connectivity index (χ0v) is 6.79. The Hall–Kier alpha value is 0.350. The Morgan fingerprint density at radius 3 is 1.62 bits per heavy atom. The lowest BCUT2D eigenvalue weighted by Gasteiger charge is -2.13. The Balaban J connectivity index is 3.35. The van der Waals surface area contributed by atoms with Gasteiger partial charge in [0, 0.05) is 5.25 Å². The summed E-state index contributed by atoms with van der Waals surface area (Å²) >= 11 is 5.10. The molecule has 0 saturated carbocycles. The van der Waals surface area contributed by atoms with Gasteiger partial charge in [0.05, 0.1) is 0 Å². The second-order valence-corrected chi connectivity index (χ2v) is 3.03. The molecule has 0 N–H and O–H groups in total. The van der Waals surface area contributed by atoms with Crippen LogP contribution in [0.1, 0.15) is 33.6 Å². The molecule has 0 aliphatic carbocycles. The van der Waals surface area contributed by atoms with Crippen LogP contribution in [0, 0.1) is 5.92 Å². The first kappa shape index (κ1) is 8.35. The van der Waals surface area contributed by atoms with Crippen LogP contribution in [0.25, 0.3) is 0 Å². The molecular weight excluding hydrogens is 116 g/mol. The standard InChI is InChI=1S/C7H15S/c1-4-7(5-2)6(3)8/h6-7H,4-5H2,1-3H3. The van der Waals surface area contributed by atoms with E-state index >= 15 is 0 Å². The van der Waals surface area contributed by atoms with Gasteiger partial charge in [-0.3, -0.25) is 0 Å². The molecule has 0 nitrogen and oxygen atoms in total. The van der Waals surface area contributed by atoms with Crippen molar-refractivity contribution < 1.29 is 0 Å². The summed E-state index contributed by atoms with van der Waals surface area (Å²) in [7, 11) is 0. The van der Waals surface area contributed by atoms with Crippen LogP contribution < -0.4 is 0 Å². The highest BCUT2D eigenvalue weighted by Crippen LogP contribution is 2.16. The third-order valence-corrected chi connectivity index (χ3v) is 2.10. The SMILES string of the molecule is CCC(CC)C(C)[S]. The van der Waals surface area contributed by atoms with Crippen LogP contribution in [0.3, 0.4) is 0 Å². The molecule has 0 spiro atoms. The number of hydrogen-bond acceptors (Lipinski definition) is 0. The van der Waals surface area contributed by atoms with Crippen molar-refractivity contribution >= 4 is 12.6 Å². The van der Waals surface area contributed by atoms with Gasteiger partial charge in [-0.2, -0.15) is 0 Å². The fourth-order valence-electron chi connectivity index (χ4n) is 0.953. The van der Waals surface area contributed by atoms with E-state index in [1.807, 2.05) is 0 Å². The smallest absolute Gasteiger partial charge is 0.0151 e. The van der Waals surface area contributed by atoms with E-state index in [-0.39, 0.29) is 0 Å². The molecule has 1 atom stereocenters. The quantitative estimate of drug-likeness (QED) is 0.552. The Bertz CT molecular complexity index is 46.3. The zero-order valence-electron chi connectivity index (χ0n) is 5.98. The Morgan fingerprint density at radius 2 is 1.62 bits per heavy atom. The van der Waals surface area contributed by atoms with Crippen molar-refractivity contribution in [2.45, 2.75) is 38.9 Å². The summed E-state index contributed by atoms with van der Waals surface area (Å²) in [4.78, 5) is 0. The maximum Gasteiger partial charge on any atom is 0.0151 e. The Labute approximate surface area is 58.1 Å². The van der Waals surface area contributed by atoms with Gasteiger partial charge in [-0.1, -0.05) is 46.2 Å². The highest BCUT2D eigenvalue weighted by molar-refractivity contribution is 7.80. The topological polar surface area (TPSA) is 0 Å². The lowest BCUT2D eigenvalue weighted by Crippen LogP contribution is -2.08.